The summed E-state index contributed by atoms with van der Waals surface area (Å²) in [6, 6.07) is 0.487. The number of nitrogens with one attached hydrogen (secondary N) is 1. The molecule has 1 heterocycles. The van der Waals surface area contributed by atoms with Crippen molar-refractivity contribution in [2.24, 2.45) is 11.3 Å². The van der Waals surface area contributed by atoms with Gasteiger partial charge in [0.1, 0.15) is 5.01 Å². The molecular formula is C16H28N2S. The Hall–Kier alpha value is -0.410. The van der Waals surface area contributed by atoms with Gasteiger partial charge >= 0.3 is 0 Å². The normalized spacial score (nSPS) is 30.2. The van der Waals surface area contributed by atoms with Crippen LogP contribution >= 0.6 is 11.3 Å². The molecule has 3 heteroatoms. The van der Waals surface area contributed by atoms with Crippen molar-refractivity contribution < 1.29 is 0 Å². The molecule has 0 aromatic carbocycles. The monoisotopic (exact) mass is 280 g/mol. The van der Waals surface area contributed by atoms with Crippen LogP contribution in [-0.2, 0) is 5.54 Å². The number of thiazole rings is 1. The second-order valence-electron chi connectivity index (χ2n) is 7.38. The Kier molecular flexibility index (Phi) is 3.83. The first-order valence-corrected chi connectivity index (χ1v) is 8.20. The van der Waals surface area contributed by atoms with Crippen molar-refractivity contribution in [3.63, 3.8) is 0 Å². The molecule has 108 valence electrons. The van der Waals surface area contributed by atoms with Crippen molar-refractivity contribution in [2.45, 2.75) is 72.9 Å². The van der Waals surface area contributed by atoms with Gasteiger partial charge in [-0.3, -0.25) is 0 Å². The summed E-state index contributed by atoms with van der Waals surface area (Å²) in [4.78, 5) is 6.25. The van der Waals surface area contributed by atoms with E-state index in [-0.39, 0.29) is 5.54 Å². The maximum Gasteiger partial charge on any atom is 0.114 e. The van der Waals surface area contributed by atoms with Crippen LogP contribution in [0.5, 0.6) is 0 Å². The van der Waals surface area contributed by atoms with Gasteiger partial charge in [0.2, 0.25) is 0 Å². The van der Waals surface area contributed by atoms with Crippen LogP contribution < -0.4 is 5.32 Å². The third kappa shape index (κ3) is 2.73. The van der Waals surface area contributed by atoms with Gasteiger partial charge in [0.25, 0.3) is 0 Å². The van der Waals surface area contributed by atoms with Crippen LogP contribution in [0.1, 0.15) is 63.0 Å². The van der Waals surface area contributed by atoms with Crippen LogP contribution in [0.15, 0.2) is 0 Å². The fraction of sp³-hybridized carbons (Fsp3) is 0.812. The summed E-state index contributed by atoms with van der Waals surface area (Å²) in [5, 5.41) is 5.17. The van der Waals surface area contributed by atoms with Crippen LogP contribution in [0.25, 0.3) is 0 Å². The number of hydrogen-bond acceptors (Lipinski definition) is 3. The molecule has 0 radical (unpaired) electrons. The van der Waals surface area contributed by atoms with E-state index in [4.69, 9.17) is 4.98 Å². The minimum Gasteiger partial charge on any atom is -0.303 e. The minimum absolute atomic E-state index is 0.0708. The molecule has 0 saturated heterocycles. The molecule has 2 atom stereocenters. The van der Waals surface area contributed by atoms with E-state index in [1.807, 2.05) is 11.3 Å². The van der Waals surface area contributed by atoms with E-state index in [0.717, 1.165) is 0 Å². The summed E-state index contributed by atoms with van der Waals surface area (Å²) in [7, 11) is 0. The first-order valence-electron chi connectivity index (χ1n) is 7.38. The van der Waals surface area contributed by atoms with Crippen LogP contribution in [0.4, 0.5) is 0 Å². The van der Waals surface area contributed by atoms with Crippen molar-refractivity contribution in [2.75, 3.05) is 0 Å². The summed E-state index contributed by atoms with van der Waals surface area (Å²) >= 11 is 1.88. The smallest absolute Gasteiger partial charge is 0.114 e. The van der Waals surface area contributed by atoms with Crippen molar-refractivity contribution >= 4 is 11.3 Å². The van der Waals surface area contributed by atoms with E-state index in [0.29, 0.717) is 17.4 Å². The Balaban J connectivity index is 2.46. The van der Waals surface area contributed by atoms with Gasteiger partial charge in [0, 0.05) is 10.9 Å². The molecule has 2 unspecified atom stereocenters. The van der Waals surface area contributed by atoms with Crippen molar-refractivity contribution in [3.05, 3.63) is 15.6 Å². The molecule has 1 N–H and O–H groups in total. The molecule has 1 fully saturated rings. The predicted molar refractivity (Wildman–Crippen MR) is 83.7 cm³/mol. The molecule has 2 nitrogen and oxygen atoms in total. The highest BCUT2D eigenvalue weighted by atomic mass is 32.1. The van der Waals surface area contributed by atoms with Gasteiger partial charge in [-0.05, 0) is 51.9 Å². The number of aryl methyl sites for hydroxylation is 2. The molecule has 1 aromatic rings. The molecule has 2 rings (SSSR count). The summed E-state index contributed by atoms with van der Waals surface area (Å²) in [6.07, 6.45) is 2.45. The summed E-state index contributed by atoms with van der Waals surface area (Å²) < 4.78 is 0. The van der Waals surface area contributed by atoms with Gasteiger partial charge in [-0.15, -0.1) is 11.3 Å². The Bertz CT molecular complexity index is 442. The van der Waals surface area contributed by atoms with Gasteiger partial charge < -0.3 is 5.32 Å². The lowest BCUT2D eigenvalue weighted by atomic mass is 9.86. The van der Waals surface area contributed by atoms with E-state index in [2.05, 4.69) is 53.8 Å². The third-order valence-electron chi connectivity index (χ3n) is 4.41. The van der Waals surface area contributed by atoms with Gasteiger partial charge in [-0.1, -0.05) is 20.8 Å². The first-order chi connectivity index (χ1) is 8.66. The topological polar surface area (TPSA) is 24.9 Å². The molecule has 1 aliphatic rings. The average Bonchev–Trinajstić information content (AvgIpc) is 2.66. The van der Waals surface area contributed by atoms with Crippen LogP contribution in [0.3, 0.4) is 0 Å². The fourth-order valence-electron chi connectivity index (χ4n) is 3.72. The minimum atomic E-state index is 0.0708. The molecule has 0 spiro atoms. The fourth-order valence-corrected chi connectivity index (χ4v) is 4.90. The van der Waals surface area contributed by atoms with Crippen LogP contribution in [0, 0.1) is 25.2 Å². The molecule has 0 aliphatic heterocycles. The molecule has 1 aliphatic carbocycles. The van der Waals surface area contributed by atoms with E-state index >= 15 is 0 Å². The Morgan fingerprint density at radius 2 is 1.95 bits per heavy atom. The summed E-state index contributed by atoms with van der Waals surface area (Å²) in [5.74, 6) is 0.634. The van der Waals surface area contributed by atoms with Crippen molar-refractivity contribution in [1.29, 1.82) is 0 Å². The summed E-state index contributed by atoms with van der Waals surface area (Å²) in [6.45, 7) is 16.0. The number of nitrogens with zero attached hydrogens (tertiary/aromatic N) is 1. The second-order valence-corrected chi connectivity index (χ2v) is 8.58. The quantitative estimate of drug-likeness (QED) is 0.887. The zero-order chi connectivity index (χ0) is 14.4. The van der Waals surface area contributed by atoms with Crippen LogP contribution in [0.2, 0.25) is 0 Å². The molecule has 0 amide bonds. The SMILES string of the molecule is Cc1nc(C2(NC(C)C)CC(C)(C)CC2C)sc1C. The lowest BCUT2D eigenvalue weighted by Crippen LogP contribution is -2.48. The van der Waals surface area contributed by atoms with Crippen molar-refractivity contribution in [3.8, 4) is 0 Å². The maximum absolute atomic E-state index is 4.89. The third-order valence-corrected chi connectivity index (χ3v) is 5.66. The number of rotatable bonds is 3. The van der Waals surface area contributed by atoms with Crippen LogP contribution in [-0.4, -0.2) is 11.0 Å². The Labute approximate surface area is 122 Å². The number of aromatic nitrogens is 1. The van der Waals surface area contributed by atoms with E-state index in [1.165, 1.54) is 28.4 Å². The van der Waals surface area contributed by atoms with Crippen molar-refractivity contribution in [1.82, 2.24) is 10.3 Å². The lowest BCUT2D eigenvalue weighted by molar-refractivity contribution is 0.231. The Morgan fingerprint density at radius 3 is 2.32 bits per heavy atom. The highest BCUT2D eigenvalue weighted by Crippen LogP contribution is 2.53. The molecular weight excluding hydrogens is 252 g/mol. The standard InChI is InChI=1S/C16H28N2S/c1-10(2)18-16(9-15(6,7)8-11(16)3)14-17-12(4)13(5)19-14/h10-11,18H,8-9H2,1-7H3. The zero-order valence-corrected chi connectivity index (χ0v) is 14.2. The average molecular weight is 280 g/mol. The second kappa shape index (κ2) is 4.85. The largest absolute Gasteiger partial charge is 0.303 e. The van der Waals surface area contributed by atoms with Gasteiger partial charge in [0.15, 0.2) is 0 Å². The van der Waals surface area contributed by atoms with E-state index in [1.54, 1.807) is 0 Å². The van der Waals surface area contributed by atoms with Gasteiger partial charge in [-0.25, -0.2) is 4.98 Å². The van der Waals surface area contributed by atoms with Gasteiger partial charge in [-0.2, -0.15) is 0 Å². The predicted octanol–water partition coefficient (Wildman–Crippen LogP) is 4.41. The van der Waals surface area contributed by atoms with E-state index < -0.39 is 0 Å². The molecule has 1 saturated carbocycles. The molecule has 0 bridgehead atoms. The highest BCUT2D eigenvalue weighted by molar-refractivity contribution is 7.11. The zero-order valence-electron chi connectivity index (χ0n) is 13.4. The first kappa shape index (κ1) is 15.0. The van der Waals surface area contributed by atoms with Gasteiger partial charge in [0.05, 0.1) is 11.2 Å². The summed E-state index contributed by atoms with van der Waals surface area (Å²) in [5.41, 5.74) is 1.66. The molecule has 19 heavy (non-hydrogen) atoms. The lowest BCUT2D eigenvalue weighted by Gasteiger charge is -2.36. The molecule has 1 aromatic heterocycles. The maximum atomic E-state index is 4.89. The highest BCUT2D eigenvalue weighted by Gasteiger charge is 2.51. The Morgan fingerprint density at radius 1 is 1.32 bits per heavy atom. The number of hydrogen-bond donors (Lipinski definition) is 1. The van der Waals surface area contributed by atoms with E-state index in [9.17, 15) is 0 Å².